The molecule has 2 aromatic rings. The van der Waals surface area contributed by atoms with Gasteiger partial charge < -0.3 is 24.1 Å². The van der Waals surface area contributed by atoms with Gasteiger partial charge in [0, 0.05) is 11.1 Å². The van der Waals surface area contributed by atoms with E-state index >= 15 is 0 Å². The van der Waals surface area contributed by atoms with E-state index in [-0.39, 0.29) is 5.91 Å². The van der Waals surface area contributed by atoms with Gasteiger partial charge in [-0.15, -0.1) is 0 Å². The predicted octanol–water partition coefficient (Wildman–Crippen LogP) is 1.76. The number of piperazine rings is 1. The Kier molecular flexibility index (Phi) is 8.29. The molecule has 1 atom stereocenters. The van der Waals surface area contributed by atoms with Gasteiger partial charge in [-0.1, -0.05) is 35.5 Å². The second kappa shape index (κ2) is 11.4. The summed E-state index contributed by atoms with van der Waals surface area (Å²) >= 11 is 0. The van der Waals surface area contributed by atoms with Crippen LogP contribution >= 0.6 is 0 Å². The third-order valence-electron chi connectivity index (χ3n) is 5.34. The van der Waals surface area contributed by atoms with E-state index in [0.717, 1.165) is 38.3 Å². The van der Waals surface area contributed by atoms with Crippen molar-refractivity contribution in [2.45, 2.75) is 26.5 Å². The Balaban J connectivity index is 1.46. The van der Waals surface area contributed by atoms with Gasteiger partial charge >= 0.3 is 0 Å². The molecule has 0 spiro atoms. The number of oxime groups is 1. The van der Waals surface area contributed by atoms with Crippen LogP contribution in [0.15, 0.2) is 53.7 Å². The minimum absolute atomic E-state index is 0.0276. The molecule has 1 saturated heterocycles. The molecule has 1 aliphatic rings. The Bertz CT molecular complexity index is 864. The van der Waals surface area contributed by atoms with Gasteiger partial charge in [0.15, 0.2) is 11.5 Å². The van der Waals surface area contributed by atoms with Crippen molar-refractivity contribution in [3.63, 3.8) is 0 Å². The maximum atomic E-state index is 12.7. The molecule has 7 nitrogen and oxygen atoms in total. The number of benzene rings is 2. The molecule has 0 radical (unpaired) electrons. The number of hydrogen-bond acceptors (Lipinski definition) is 5. The summed E-state index contributed by atoms with van der Waals surface area (Å²) in [5.41, 5.74) is 2.13. The molecule has 0 aromatic heterocycles. The van der Waals surface area contributed by atoms with Crippen LogP contribution in [0.25, 0.3) is 0 Å². The van der Waals surface area contributed by atoms with E-state index in [1.807, 2.05) is 36.1 Å². The first-order valence-electron chi connectivity index (χ1n) is 10.8. The third kappa shape index (κ3) is 6.46. The van der Waals surface area contributed by atoms with Gasteiger partial charge in [0.2, 0.25) is 6.10 Å². The van der Waals surface area contributed by atoms with Crippen LogP contribution in [0.2, 0.25) is 0 Å². The first-order valence-corrected chi connectivity index (χ1v) is 10.8. The molecular weight excluding hydrogens is 394 g/mol. The van der Waals surface area contributed by atoms with Crippen LogP contribution in [0, 0.1) is 0 Å². The Morgan fingerprint density at radius 3 is 2.58 bits per heavy atom. The highest BCUT2D eigenvalue weighted by Crippen LogP contribution is 2.27. The van der Waals surface area contributed by atoms with Crippen LogP contribution in [0.5, 0.6) is 11.5 Å². The van der Waals surface area contributed by atoms with Crippen molar-refractivity contribution >= 4 is 12.1 Å². The average molecular weight is 427 g/mol. The lowest BCUT2D eigenvalue weighted by atomic mass is 10.2. The normalized spacial score (nSPS) is 15.6. The lowest BCUT2D eigenvalue weighted by Crippen LogP contribution is -3.13. The predicted molar refractivity (Wildman–Crippen MR) is 120 cm³/mol. The summed E-state index contributed by atoms with van der Waals surface area (Å²) in [6, 6.07) is 16.0. The Hall–Kier alpha value is -3.06. The van der Waals surface area contributed by atoms with Gasteiger partial charge in [0.05, 0.1) is 46.1 Å². The summed E-state index contributed by atoms with van der Waals surface area (Å²) in [7, 11) is 1.59. The van der Waals surface area contributed by atoms with Gasteiger partial charge in [0.25, 0.3) is 5.91 Å². The second-order valence-electron chi connectivity index (χ2n) is 7.56. The number of rotatable bonds is 9. The molecule has 2 aromatic carbocycles. The van der Waals surface area contributed by atoms with Crippen LogP contribution in [-0.4, -0.2) is 63.0 Å². The van der Waals surface area contributed by atoms with Gasteiger partial charge in [0.1, 0.15) is 6.54 Å². The summed E-state index contributed by atoms with van der Waals surface area (Å²) in [6.45, 7) is 8.54. The zero-order valence-corrected chi connectivity index (χ0v) is 18.5. The largest absolute Gasteiger partial charge is 0.493 e. The fourth-order valence-electron chi connectivity index (χ4n) is 3.63. The van der Waals surface area contributed by atoms with Crippen molar-refractivity contribution in [2.75, 3.05) is 39.9 Å². The quantitative estimate of drug-likeness (QED) is 0.490. The monoisotopic (exact) mass is 426 g/mol. The van der Waals surface area contributed by atoms with Gasteiger partial charge in [-0.2, -0.15) is 0 Å². The summed E-state index contributed by atoms with van der Waals surface area (Å²) in [4.78, 5) is 21.5. The third-order valence-corrected chi connectivity index (χ3v) is 5.34. The van der Waals surface area contributed by atoms with E-state index in [4.69, 9.17) is 14.3 Å². The van der Waals surface area contributed by atoms with Gasteiger partial charge in [-0.3, -0.25) is 4.79 Å². The molecule has 0 saturated carbocycles. The SMILES string of the molecule is CCOc1ccc(/C=N\O[C@H](C)C(=O)N2CC[NH+](Cc3ccccc3)CC2)cc1OC. The molecule has 1 fully saturated rings. The number of quaternary nitrogens is 1. The highest BCUT2D eigenvalue weighted by Gasteiger charge is 2.27. The molecule has 1 heterocycles. The number of nitrogens with zero attached hydrogens (tertiary/aromatic N) is 2. The minimum atomic E-state index is -0.628. The van der Waals surface area contributed by atoms with E-state index in [1.165, 1.54) is 10.5 Å². The molecule has 0 aliphatic carbocycles. The number of methoxy groups -OCH3 is 1. The molecular formula is C24H32N3O4+. The van der Waals surface area contributed by atoms with E-state index < -0.39 is 6.10 Å². The number of carbonyl (C=O) groups excluding carboxylic acids is 1. The smallest absolute Gasteiger partial charge is 0.266 e. The van der Waals surface area contributed by atoms with Crippen LogP contribution in [-0.2, 0) is 16.2 Å². The molecule has 0 bridgehead atoms. The maximum Gasteiger partial charge on any atom is 0.266 e. The highest BCUT2D eigenvalue weighted by molar-refractivity contribution is 5.82. The fraction of sp³-hybridized carbons (Fsp3) is 0.417. The van der Waals surface area contributed by atoms with Gasteiger partial charge in [-0.25, -0.2) is 0 Å². The molecule has 166 valence electrons. The van der Waals surface area contributed by atoms with E-state index in [2.05, 4.69) is 29.4 Å². The average Bonchev–Trinajstić information content (AvgIpc) is 2.80. The number of ether oxygens (including phenoxy) is 2. The first kappa shape index (κ1) is 22.6. The van der Waals surface area contributed by atoms with Crippen molar-refractivity contribution in [3.05, 3.63) is 59.7 Å². The first-order chi connectivity index (χ1) is 15.1. The highest BCUT2D eigenvalue weighted by atomic mass is 16.6. The summed E-state index contributed by atoms with van der Waals surface area (Å²) in [6.07, 6.45) is 0.945. The van der Waals surface area contributed by atoms with Crippen molar-refractivity contribution in [3.8, 4) is 11.5 Å². The number of hydrogen-bond donors (Lipinski definition) is 1. The van der Waals surface area contributed by atoms with Crippen molar-refractivity contribution < 1.29 is 24.0 Å². The van der Waals surface area contributed by atoms with Crippen LogP contribution in [0.3, 0.4) is 0 Å². The Morgan fingerprint density at radius 1 is 1.16 bits per heavy atom. The number of nitrogens with one attached hydrogen (secondary N) is 1. The maximum absolute atomic E-state index is 12.7. The summed E-state index contributed by atoms with van der Waals surface area (Å²) in [5, 5.41) is 4.01. The van der Waals surface area contributed by atoms with Crippen LogP contribution < -0.4 is 14.4 Å². The van der Waals surface area contributed by atoms with E-state index in [0.29, 0.717) is 18.1 Å². The number of amides is 1. The molecule has 1 aliphatic heterocycles. The van der Waals surface area contributed by atoms with E-state index in [1.54, 1.807) is 20.2 Å². The van der Waals surface area contributed by atoms with Crippen molar-refractivity contribution in [1.29, 1.82) is 0 Å². The molecule has 31 heavy (non-hydrogen) atoms. The second-order valence-corrected chi connectivity index (χ2v) is 7.56. The molecule has 3 rings (SSSR count). The van der Waals surface area contributed by atoms with Crippen LogP contribution in [0.1, 0.15) is 25.0 Å². The lowest BCUT2D eigenvalue weighted by molar-refractivity contribution is -0.917. The molecule has 7 heteroatoms. The van der Waals surface area contributed by atoms with Crippen molar-refractivity contribution in [2.24, 2.45) is 5.16 Å². The summed E-state index contributed by atoms with van der Waals surface area (Å²) < 4.78 is 10.9. The van der Waals surface area contributed by atoms with Gasteiger partial charge in [-0.05, 0) is 32.0 Å². The van der Waals surface area contributed by atoms with E-state index in [9.17, 15) is 4.79 Å². The topological polar surface area (TPSA) is 64.8 Å². The Morgan fingerprint density at radius 2 is 1.90 bits per heavy atom. The zero-order chi connectivity index (χ0) is 22.1. The number of carbonyl (C=O) groups is 1. The minimum Gasteiger partial charge on any atom is -0.493 e. The Labute approximate surface area is 184 Å². The van der Waals surface area contributed by atoms with Crippen LogP contribution in [0.4, 0.5) is 0 Å². The zero-order valence-electron chi connectivity index (χ0n) is 18.5. The van der Waals surface area contributed by atoms with Crippen molar-refractivity contribution in [1.82, 2.24) is 4.90 Å². The molecule has 1 amide bonds. The lowest BCUT2D eigenvalue weighted by Gasteiger charge is -2.33. The molecule has 1 N–H and O–H groups in total. The standard InChI is InChI=1S/C24H31N3O4/c1-4-30-22-11-10-21(16-23(22)29-3)17-25-31-19(2)24(28)27-14-12-26(13-15-27)18-20-8-6-5-7-9-20/h5-11,16-17,19H,4,12-15,18H2,1-3H3/p+1/b25-17-/t19-/m1/s1. The molecule has 0 unspecified atom stereocenters. The fourth-order valence-corrected chi connectivity index (χ4v) is 3.63. The summed E-state index contributed by atoms with van der Waals surface area (Å²) in [5.74, 6) is 1.28.